The number of carbonyl (C=O) groups excluding carboxylic acids is 1. The quantitative estimate of drug-likeness (QED) is 0.590. The number of benzene rings is 1. The van der Waals surface area contributed by atoms with Crippen LogP contribution >= 0.6 is 11.6 Å². The first-order valence-electron chi connectivity index (χ1n) is 9.81. The normalized spacial score (nSPS) is 12.1. The van der Waals surface area contributed by atoms with Gasteiger partial charge in [-0.25, -0.2) is 14.4 Å². The molecule has 1 amide bonds. The summed E-state index contributed by atoms with van der Waals surface area (Å²) >= 11 is 6.48. The lowest BCUT2D eigenvalue weighted by Gasteiger charge is -2.21. The molecule has 0 saturated carbocycles. The molecule has 0 radical (unpaired) electrons. The van der Waals surface area contributed by atoms with E-state index in [0.29, 0.717) is 39.9 Å². The van der Waals surface area contributed by atoms with E-state index in [1.165, 1.54) is 12.1 Å². The van der Waals surface area contributed by atoms with Gasteiger partial charge in [-0.15, -0.1) is 0 Å². The Labute approximate surface area is 180 Å². The smallest absolute Gasteiger partial charge is 0.224 e. The number of amides is 1. The van der Waals surface area contributed by atoms with Gasteiger partial charge in [0.25, 0.3) is 0 Å². The summed E-state index contributed by atoms with van der Waals surface area (Å²) in [5.41, 5.74) is 2.61. The third-order valence-electron chi connectivity index (χ3n) is 4.89. The Hall–Kier alpha value is -2.86. The van der Waals surface area contributed by atoms with Gasteiger partial charge in [0.05, 0.1) is 16.4 Å². The Bertz CT molecular complexity index is 1030. The molecule has 2 heterocycles. The molecule has 5 nitrogen and oxygen atoms in total. The van der Waals surface area contributed by atoms with Crippen molar-refractivity contribution in [1.29, 1.82) is 0 Å². The first kappa shape index (κ1) is 21.8. The van der Waals surface area contributed by atoms with Crippen LogP contribution in [0.3, 0.4) is 0 Å². The molecule has 0 aliphatic heterocycles. The minimum absolute atomic E-state index is 0.0575. The van der Waals surface area contributed by atoms with E-state index in [4.69, 9.17) is 11.6 Å². The SMILES string of the molecule is Cc1nc(-c2ccccn2)nc(CC(C(=O)NCc2cccc(F)c2)C(C)C)c1Cl. The van der Waals surface area contributed by atoms with Crippen LogP contribution < -0.4 is 5.32 Å². The van der Waals surface area contributed by atoms with Gasteiger partial charge in [0.1, 0.15) is 11.5 Å². The van der Waals surface area contributed by atoms with E-state index in [0.717, 1.165) is 0 Å². The summed E-state index contributed by atoms with van der Waals surface area (Å²) < 4.78 is 13.4. The van der Waals surface area contributed by atoms with Crippen molar-refractivity contribution in [3.8, 4) is 11.5 Å². The number of pyridine rings is 1. The van der Waals surface area contributed by atoms with Gasteiger partial charge >= 0.3 is 0 Å². The number of halogens is 2. The topological polar surface area (TPSA) is 67.8 Å². The molecule has 0 bridgehead atoms. The minimum Gasteiger partial charge on any atom is -0.352 e. The minimum atomic E-state index is -0.345. The Morgan fingerprint density at radius 1 is 1.17 bits per heavy atom. The number of hydrogen-bond donors (Lipinski definition) is 1. The third-order valence-corrected chi connectivity index (χ3v) is 5.38. The van der Waals surface area contributed by atoms with Crippen LogP contribution in [0.15, 0.2) is 48.7 Å². The van der Waals surface area contributed by atoms with Crippen LogP contribution in [-0.4, -0.2) is 20.9 Å². The van der Waals surface area contributed by atoms with Crippen molar-refractivity contribution in [3.63, 3.8) is 0 Å². The molecule has 1 atom stereocenters. The summed E-state index contributed by atoms with van der Waals surface area (Å²) in [6.45, 7) is 6.03. The van der Waals surface area contributed by atoms with E-state index in [1.54, 1.807) is 18.3 Å². The molecule has 1 N–H and O–H groups in total. The van der Waals surface area contributed by atoms with Crippen LogP contribution in [0.5, 0.6) is 0 Å². The van der Waals surface area contributed by atoms with E-state index in [1.807, 2.05) is 39.0 Å². The molecule has 0 aliphatic rings. The zero-order valence-electron chi connectivity index (χ0n) is 17.2. The number of aryl methyl sites for hydroxylation is 1. The molecule has 0 spiro atoms. The summed E-state index contributed by atoms with van der Waals surface area (Å²) in [5.74, 6) is -0.257. The number of hydrogen-bond acceptors (Lipinski definition) is 4. The Morgan fingerprint density at radius 2 is 1.97 bits per heavy atom. The molecular weight excluding hydrogens is 403 g/mol. The predicted octanol–water partition coefficient (Wildman–Crippen LogP) is 4.77. The van der Waals surface area contributed by atoms with Crippen LogP contribution in [0.1, 0.15) is 30.8 Å². The van der Waals surface area contributed by atoms with Crippen LogP contribution in [-0.2, 0) is 17.8 Å². The standard InChI is InChI=1S/C23H24ClFN4O/c1-14(2)18(23(30)27-13-16-7-6-8-17(25)11-16)12-20-21(24)15(3)28-22(29-20)19-9-4-5-10-26-19/h4-11,14,18H,12-13H2,1-3H3,(H,27,30). The second-order valence-electron chi connectivity index (χ2n) is 7.51. The predicted molar refractivity (Wildman–Crippen MR) is 115 cm³/mol. The van der Waals surface area contributed by atoms with Gasteiger partial charge in [-0.3, -0.25) is 9.78 Å². The molecule has 2 aromatic heterocycles. The highest BCUT2D eigenvalue weighted by atomic mass is 35.5. The van der Waals surface area contributed by atoms with Crippen molar-refractivity contribution in [2.75, 3.05) is 0 Å². The fourth-order valence-electron chi connectivity index (χ4n) is 3.17. The molecule has 1 unspecified atom stereocenters. The zero-order valence-corrected chi connectivity index (χ0v) is 17.9. The fraction of sp³-hybridized carbons (Fsp3) is 0.304. The van der Waals surface area contributed by atoms with E-state index < -0.39 is 0 Å². The first-order valence-corrected chi connectivity index (χ1v) is 10.2. The summed E-state index contributed by atoms with van der Waals surface area (Å²) in [6, 6.07) is 11.7. The zero-order chi connectivity index (χ0) is 21.7. The van der Waals surface area contributed by atoms with Gasteiger partial charge in [0.15, 0.2) is 5.82 Å². The highest BCUT2D eigenvalue weighted by Gasteiger charge is 2.25. The van der Waals surface area contributed by atoms with Gasteiger partial charge in [0, 0.05) is 25.1 Å². The van der Waals surface area contributed by atoms with E-state index in [9.17, 15) is 9.18 Å². The van der Waals surface area contributed by atoms with Crippen molar-refractivity contribution in [3.05, 3.63) is 76.5 Å². The van der Waals surface area contributed by atoms with Crippen molar-refractivity contribution in [2.24, 2.45) is 11.8 Å². The molecule has 0 aliphatic carbocycles. The molecular formula is C23H24ClFN4O. The number of rotatable bonds is 7. The third kappa shape index (κ3) is 5.39. The maximum absolute atomic E-state index is 13.4. The Balaban J connectivity index is 1.80. The molecule has 7 heteroatoms. The highest BCUT2D eigenvalue weighted by molar-refractivity contribution is 6.31. The van der Waals surface area contributed by atoms with Gasteiger partial charge in [-0.05, 0) is 42.7 Å². The highest BCUT2D eigenvalue weighted by Crippen LogP contribution is 2.26. The first-order chi connectivity index (χ1) is 14.3. The average Bonchev–Trinajstić information content (AvgIpc) is 2.73. The molecule has 3 rings (SSSR count). The summed E-state index contributed by atoms with van der Waals surface area (Å²) in [4.78, 5) is 26.2. The van der Waals surface area contributed by atoms with Crippen LogP contribution in [0.4, 0.5) is 4.39 Å². The Kier molecular flexibility index (Phi) is 7.11. The van der Waals surface area contributed by atoms with Crippen molar-refractivity contribution in [1.82, 2.24) is 20.3 Å². The molecule has 0 fully saturated rings. The second-order valence-corrected chi connectivity index (χ2v) is 7.89. The summed E-state index contributed by atoms with van der Waals surface area (Å²) in [7, 11) is 0. The molecule has 30 heavy (non-hydrogen) atoms. The number of aromatic nitrogens is 3. The van der Waals surface area contributed by atoms with Crippen molar-refractivity contribution >= 4 is 17.5 Å². The molecule has 0 saturated heterocycles. The fourth-order valence-corrected chi connectivity index (χ4v) is 3.33. The lowest BCUT2D eigenvalue weighted by Crippen LogP contribution is -2.34. The monoisotopic (exact) mass is 426 g/mol. The second kappa shape index (κ2) is 9.76. The molecule has 1 aromatic carbocycles. The number of carbonyl (C=O) groups is 1. The number of nitrogens with zero attached hydrogens (tertiary/aromatic N) is 3. The van der Waals surface area contributed by atoms with E-state index in [2.05, 4.69) is 20.3 Å². The van der Waals surface area contributed by atoms with Gasteiger partial charge < -0.3 is 5.32 Å². The molecule has 3 aromatic rings. The lowest BCUT2D eigenvalue weighted by molar-refractivity contribution is -0.126. The van der Waals surface area contributed by atoms with Gasteiger partial charge in [-0.2, -0.15) is 0 Å². The Morgan fingerprint density at radius 3 is 2.63 bits per heavy atom. The van der Waals surface area contributed by atoms with E-state index in [-0.39, 0.29) is 30.1 Å². The summed E-state index contributed by atoms with van der Waals surface area (Å²) in [5, 5.41) is 3.36. The molecule has 156 valence electrons. The van der Waals surface area contributed by atoms with Crippen LogP contribution in [0.25, 0.3) is 11.5 Å². The van der Waals surface area contributed by atoms with Crippen LogP contribution in [0.2, 0.25) is 5.02 Å². The van der Waals surface area contributed by atoms with Crippen LogP contribution in [0, 0.1) is 24.6 Å². The van der Waals surface area contributed by atoms with Gasteiger partial charge in [-0.1, -0.05) is 43.6 Å². The van der Waals surface area contributed by atoms with E-state index >= 15 is 0 Å². The maximum Gasteiger partial charge on any atom is 0.224 e. The average molecular weight is 427 g/mol. The number of nitrogens with one attached hydrogen (secondary N) is 1. The largest absolute Gasteiger partial charge is 0.352 e. The lowest BCUT2D eigenvalue weighted by atomic mass is 9.90. The van der Waals surface area contributed by atoms with Crippen molar-refractivity contribution in [2.45, 2.75) is 33.7 Å². The van der Waals surface area contributed by atoms with Gasteiger partial charge in [0.2, 0.25) is 5.91 Å². The summed E-state index contributed by atoms with van der Waals surface area (Å²) in [6.07, 6.45) is 2.05. The van der Waals surface area contributed by atoms with Crippen molar-refractivity contribution < 1.29 is 9.18 Å². The maximum atomic E-state index is 13.4.